The molecule has 1 rings (SSSR count). The van der Waals surface area contributed by atoms with E-state index in [1.807, 2.05) is 12.4 Å². The molecule has 0 aromatic carbocycles. The van der Waals surface area contributed by atoms with Gasteiger partial charge in [0.2, 0.25) is 0 Å². The van der Waals surface area contributed by atoms with Gasteiger partial charge in [0.05, 0.1) is 6.20 Å². The average molecular weight is 180 g/mol. The zero-order valence-electron chi connectivity index (χ0n) is 8.93. The molecular formula is C11H20N2. The van der Waals surface area contributed by atoms with Gasteiger partial charge in [0.1, 0.15) is 0 Å². The van der Waals surface area contributed by atoms with Gasteiger partial charge >= 0.3 is 0 Å². The largest absolute Gasteiger partial charge is 0.285 e. The Morgan fingerprint density at radius 2 is 2.23 bits per heavy atom. The molecule has 0 bridgehead atoms. The summed E-state index contributed by atoms with van der Waals surface area (Å²) in [6.45, 7) is 6.82. The van der Waals surface area contributed by atoms with Crippen LogP contribution in [0.4, 0.5) is 0 Å². The molecule has 0 amide bonds. The van der Waals surface area contributed by atoms with Crippen LogP contribution >= 0.6 is 0 Å². The van der Waals surface area contributed by atoms with Crippen LogP contribution in [0.5, 0.6) is 0 Å². The van der Waals surface area contributed by atoms with E-state index in [0.29, 0.717) is 5.41 Å². The standard InChI is InChI=1S/C11H20N2/c1-4-6-7-11(3,5-2)10-8-12-13-9-10/h8-9H,4-7H2,1-3H3,(H,12,13). The Bertz CT molecular complexity index is 228. The predicted octanol–water partition coefficient (Wildman–Crippen LogP) is 3.27. The molecule has 0 radical (unpaired) electrons. The van der Waals surface area contributed by atoms with E-state index >= 15 is 0 Å². The van der Waals surface area contributed by atoms with Crippen molar-refractivity contribution in [1.29, 1.82) is 0 Å². The Morgan fingerprint density at radius 3 is 2.69 bits per heavy atom. The molecule has 1 unspecified atom stereocenters. The molecule has 0 aliphatic rings. The van der Waals surface area contributed by atoms with Crippen LogP contribution in [-0.4, -0.2) is 10.2 Å². The third kappa shape index (κ3) is 2.33. The van der Waals surface area contributed by atoms with E-state index < -0.39 is 0 Å². The van der Waals surface area contributed by atoms with E-state index in [-0.39, 0.29) is 0 Å². The highest BCUT2D eigenvalue weighted by Gasteiger charge is 2.24. The van der Waals surface area contributed by atoms with E-state index in [2.05, 4.69) is 31.0 Å². The molecule has 0 fully saturated rings. The fourth-order valence-electron chi connectivity index (χ4n) is 1.67. The van der Waals surface area contributed by atoms with Gasteiger partial charge in [-0.2, -0.15) is 5.10 Å². The quantitative estimate of drug-likeness (QED) is 0.740. The summed E-state index contributed by atoms with van der Waals surface area (Å²) in [5, 5.41) is 6.92. The first-order valence-corrected chi connectivity index (χ1v) is 5.22. The van der Waals surface area contributed by atoms with E-state index in [1.165, 1.54) is 31.2 Å². The SMILES string of the molecule is CCCCC(C)(CC)c1cn[nH]c1. The first kappa shape index (κ1) is 10.3. The van der Waals surface area contributed by atoms with Crippen molar-refractivity contribution in [3.05, 3.63) is 18.0 Å². The normalized spacial score (nSPS) is 15.6. The molecule has 0 spiro atoms. The summed E-state index contributed by atoms with van der Waals surface area (Å²) in [6, 6.07) is 0. The number of hydrogen-bond donors (Lipinski definition) is 1. The van der Waals surface area contributed by atoms with Crippen LogP contribution in [0.2, 0.25) is 0 Å². The number of rotatable bonds is 5. The molecule has 0 saturated carbocycles. The highest BCUT2D eigenvalue weighted by atomic mass is 15.1. The molecule has 1 heterocycles. The van der Waals surface area contributed by atoms with Crippen LogP contribution < -0.4 is 0 Å². The third-order valence-corrected chi connectivity index (χ3v) is 3.06. The van der Waals surface area contributed by atoms with Crippen LogP contribution in [0.3, 0.4) is 0 Å². The van der Waals surface area contributed by atoms with Gasteiger partial charge in [-0.3, -0.25) is 5.10 Å². The summed E-state index contributed by atoms with van der Waals surface area (Å²) in [5.74, 6) is 0. The second kappa shape index (κ2) is 4.45. The number of unbranched alkanes of at least 4 members (excludes halogenated alkanes) is 1. The molecule has 74 valence electrons. The van der Waals surface area contributed by atoms with Crippen molar-refractivity contribution < 1.29 is 0 Å². The average Bonchev–Trinajstić information content (AvgIpc) is 2.67. The number of H-pyrrole nitrogens is 1. The molecule has 0 aliphatic heterocycles. The molecule has 2 heteroatoms. The lowest BCUT2D eigenvalue weighted by molar-refractivity contribution is 0.403. The van der Waals surface area contributed by atoms with Gasteiger partial charge in [-0.1, -0.05) is 33.6 Å². The zero-order chi connectivity index (χ0) is 9.73. The van der Waals surface area contributed by atoms with Crippen molar-refractivity contribution in [3.63, 3.8) is 0 Å². The minimum absolute atomic E-state index is 0.322. The lowest BCUT2D eigenvalue weighted by atomic mass is 9.77. The fraction of sp³-hybridized carbons (Fsp3) is 0.727. The van der Waals surface area contributed by atoms with E-state index in [1.54, 1.807) is 0 Å². The van der Waals surface area contributed by atoms with Gasteiger partial charge in [-0.05, 0) is 23.8 Å². The number of aromatic amines is 1. The lowest BCUT2D eigenvalue weighted by Gasteiger charge is -2.26. The first-order chi connectivity index (χ1) is 6.23. The Balaban J connectivity index is 2.69. The predicted molar refractivity (Wildman–Crippen MR) is 55.8 cm³/mol. The van der Waals surface area contributed by atoms with Gasteiger partial charge in [0.15, 0.2) is 0 Å². The molecule has 1 aromatic rings. The number of hydrogen-bond acceptors (Lipinski definition) is 1. The number of aromatic nitrogens is 2. The van der Waals surface area contributed by atoms with Crippen LogP contribution in [0.1, 0.15) is 52.0 Å². The monoisotopic (exact) mass is 180 g/mol. The maximum absolute atomic E-state index is 4.02. The molecule has 1 N–H and O–H groups in total. The maximum Gasteiger partial charge on any atom is 0.0524 e. The van der Waals surface area contributed by atoms with Crippen LogP contribution in [-0.2, 0) is 5.41 Å². The van der Waals surface area contributed by atoms with Crippen molar-refractivity contribution in [2.75, 3.05) is 0 Å². The third-order valence-electron chi connectivity index (χ3n) is 3.06. The molecule has 2 nitrogen and oxygen atoms in total. The van der Waals surface area contributed by atoms with E-state index in [9.17, 15) is 0 Å². The van der Waals surface area contributed by atoms with Crippen molar-refractivity contribution in [1.82, 2.24) is 10.2 Å². The molecule has 0 aliphatic carbocycles. The molecule has 1 atom stereocenters. The molecule has 0 saturated heterocycles. The van der Waals surface area contributed by atoms with Crippen molar-refractivity contribution in [2.45, 2.75) is 51.9 Å². The van der Waals surface area contributed by atoms with E-state index in [0.717, 1.165) is 0 Å². The fourth-order valence-corrected chi connectivity index (χ4v) is 1.67. The first-order valence-electron chi connectivity index (χ1n) is 5.22. The maximum atomic E-state index is 4.02. The summed E-state index contributed by atoms with van der Waals surface area (Å²) in [4.78, 5) is 0. The van der Waals surface area contributed by atoms with Gasteiger partial charge in [0.25, 0.3) is 0 Å². The minimum atomic E-state index is 0.322. The highest BCUT2D eigenvalue weighted by molar-refractivity contribution is 5.16. The van der Waals surface area contributed by atoms with Crippen molar-refractivity contribution in [3.8, 4) is 0 Å². The summed E-state index contributed by atoms with van der Waals surface area (Å²) in [7, 11) is 0. The zero-order valence-corrected chi connectivity index (χ0v) is 8.93. The lowest BCUT2D eigenvalue weighted by Crippen LogP contribution is -2.19. The Hall–Kier alpha value is -0.790. The summed E-state index contributed by atoms with van der Waals surface area (Å²) in [6.07, 6.45) is 9.01. The second-order valence-corrected chi connectivity index (χ2v) is 4.00. The van der Waals surface area contributed by atoms with Crippen LogP contribution in [0.25, 0.3) is 0 Å². The van der Waals surface area contributed by atoms with Crippen LogP contribution in [0, 0.1) is 0 Å². The Kier molecular flexibility index (Phi) is 3.52. The van der Waals surface area contributed by atoms with Gasteiger partial charge in [0, 0.05) is 6.20 Å². The Morgan fingerprint density at radius 1 is 1.46 bits per heavy atom. The Labute approximate surface area is 80.7 Å². The summed E-state index contributed by atoms with van der Waals surface area (Å²) < 4.78 is 0. The number of nitrogens with one attached hydrogen (secondary N) is 1. The van der Waals surface area contributed by atoms with Crippen molar-refractivity contribution in [2.24, 2.45) is 0 Å². The highest BCUT2D eigenvalue weighted by Crippen LogP contribution is 2.31. The molecule has 13 heavy (non-hydrogen) atoms. The second-order valence-electron chi connectivity index (χ2n) is 4.00. The van der Waals surface area contributed by atoms with Gasteiger partial charge in [-0.15, -0.1) is 0 Å². The topological polar surface area (TPSA) is 28.7 Å². The smallest absolute Gasteiger partial charge is 0.0524 e. The molecular weight excluding hydrogens is 160 g/mol. The van der Waals surface area contributed by atoms with Crippen molar-refractivity contribution >= 4 is 0 Å². The minimum Gasteiger partial charge on any atom is -0.285 e. The molecule has 1 aromatic heterocycles. The van der Waals surface area contributed by atoms with Gasteiger partial charge in [-0.25, -0.2) is 0 Å². The summed E-state index contributed by atoms with van der Waals surface area (Å²) in [5.41, 5.74) is 1.67. The number of nitrogens with zero attached hydrogens (tertiary/aromatic N) is 1. The van der Waals surface area contributed by atoms with Gasteiger partial charge < -0.3 is 0 Å². The summed E-state index contributed by atoms with van der Waals surface area (Å²) >= 11 is 0. The van der Waals surface area contributed by atoms with Crippen LogP contribution in [0.15, 0.2) is 12.4 Å². The van der Waals surface area contributed by atoms with E-state index in [4.69, 9.17) is 0 Å².